The smallest absolute Gasteiger partial charge is 0.138 e. The summed E-state index contributed by atoms with van der Waals surface area (Å²) >= 11 is 0. The SMILES string of the molecule is c1cc2[nH]nc3c2cc1OCCCNCCOc1cncc-3c1. The first-order valence-electron chi connectivity index (χ1n) is 7.80. The van der Waals surface area contributed by atoms with Gasteiger partial charge in [0.25, 0.3) is 0 Å². The van der Waals surface area contributed by atoms with Crippen LogP contribution < -0.4 is 14.8 Å². The minimum atomic E-state index is 0.607. The Morgan fingerprint density at radius 1 is 0.957 bits per heavy atom. The Bertz CT molecular complexity index is 815. The zero-order chi connectivity index (χ0) is 15.5. The van der Waals surface area contributed by atoms with Crippen molar-refractivity contribution in [1.82, 2.24) is 20.5 Å². The number of rotatable bonds is 0. The number of benzene rings is 1. The lowest BCUT2D eigenvalue weighted by Gasteiger charge is -2.08. The quantitative estimate of drug-likeness (QED) is 0.667. The van der Waals surface area contributed by atoms with Crippen molar-refractivity contribution in [3.8, 4) is 22.8 Å². The molecular weight excluding hydrogens is 292 g/mol. The van der Waals surface area contributed by atoms with Gasteiger partial charge in [0.15, 0.2) is 0 Å². The first-order valence-corrected chi connectivity index (χ1v) is 7.80. The van der Waals surface area contributed by atoms with Gasteiger partial charge in [-0.25, -0.2) is 0 Å². The van der Waals surface area contributed by atoms with Gasteiger partial charge in [-0.05, 0) is 37.2 Å². The average Bonchev–Trinajstić information content (AvgIpc) is 3.00. The highest BCUT2D eigenvalue weighted by atomic mass is 16.5. The van der Waals surface area contributed by atoms with Crippen molar-refractivity contribution < 1.29 is 9.47 Å². The largest absolute Gasteiger partial charge is 0.494 e. The average molecular weight is 310 g/mol. The summed E-state index contributed by atoms with van der Waals surface area (Å²) in [5.41, 5.74) is 2.76. The molecule has 0 fully saturated rings. The third-order valence-electron chi connectivity index (χ3n) is 3.84. The number of pyridine rings is 1. The molecule has 6 nitrogen and oxygen atoms in total. The van der Waals surface area contributed by atoms with Crippen LogP contribution in [-0.4, -0.2) is 41.5 Å². The lowest BCUT2D eigenvalue weighted by Crippen LogP contribution is -2.23. The highest BCUT2D eigenvalue weighted by Gasteiger charge is 2.11. The molecule has 3 heterocycles. The van der Waals surface area contributed by atoms with Crippen molar-refractivity contribution in [1.29, 1.82) is 0 Å². The van der Waals surface area contributed by atoms with E-state index in [0.29, 0.717) is 13.2 Å². The van der Waals surface area contributed by atoms with E-state index in [1.165, 1.54) is 0 Å². The molecule has 6 heteroatoms. The minimum Gasteiger partial charge on any atom is -0.494 e. The van der Waals surface area contributed by atoms with E-state index in [2.05, 4.69) is 20.5 Å². The van der Waals surface area contributed by atoms with E-state index in [-0.39, 0.29) is 0 Å². The van der Waals surface area contributed by atoms with Gasteiger partial charge in [-0.3, -0.25) is 10.1 Å². The highest BCUT2D eigenvalue weighted by molar-refractivity contribution is 5.93. The Labute approximate surface area is 133 Å². The van der Waals surface area contributed by atoms with Crippen LogP contribution in [0.2, 0.25) is 0 Å². The predicted molar refractivity (Wildman–Crippen MR) is 87.8 cm³/mol. The van der Waals surface area contributed by atoms with E-state index < -0.39 is 0 Å². The summed E-state index contributed by atoms with van der Waals surface area (Å²) < 4.78 is 11.6. The van der Waals surface area contributed by atoms with Gasteiger partial charge in [-0.1, -0.05) is 0 Å². The highest BCUT2D eigenvalue weighted by Crippen LogP contribution is 2.30. The fourth-order valence-corrected chi connectivity index (χ4v) is 2.68. The molecule has 2 aromatic heterocycles. The molecule has 23 heavy (non-hydrogen) atoms. The molecular formula is C17H18N4O2. The Hall–Kier alpha value is -2.60. The second-order valence-corrected chi connectivity index (χ2v) is 5.49. The summed E-state index contributed by atoms with van der Waals surface area (Å²) in [6.07, 6.45) is 4.48. The van der Waals surface area contributed by atoms with Crippen LogP contribution in [0.5, 0.6) is 11.5 Å². The number of H-pyrrole nitrogens is 1. The zero-order valence-corrected chi connectivity index (χ0v) is 12.7. The van der Waals surface area contributed by atoms with E-state index in [1.54, 1.807) is 12.4 Å². The van der Waals surface area contributed by atoms with E-state index in [9.17, 15) is 0 Å². The maximum absolute atomic E-state index is 5.84. The molecule has 0 saturated heterocycles. The van der Waals surface area contributed by atoms with Crippen molar-refractivity contribution >= 4 is 10.9 Å². The van der Waals surface area contributed by atoms with Gasteiger partial charge < -0.3 is 14.8 Å². The molecule has 1 aromatic carbocycles. The fourth-order valence-electron chi connectivity index (χ4n) is 2.68. The minimum absolute atomic E-state index is 0.607. The molecule has 118 valence electrons. The van der Waals surface area contributed by atoms with Gasteiger partial charge >= 0.3 is 0 Å². The number of aromatic nitrogens is 3. The molecule has 0 atom stereocenters. The summed E-state index contributed by atoms with van der Waals surface area (Å²) in [7, 11) is 0. The molecule has 0 radical (unpaired) electrons. The van der Waals surface area contributed by atoms with Gasteiger partial charge in [-0.2, -0.15) is 5.10 Å². The standard InChI is InChI=1S/C17H18N4O2/c1-4-18-5-7-23-14-8-12(10-19-11-14)17-15-9-13(22-6-1)2-3-16(15)20-21-17/h2-3,8-11,18H,1,4-7H2,(H,20,21). The van der Waals surface area contributed by atoms with E-state index >= 15 is 0 Å². The van der Waals surface area contributed by atoms with E-state index in [0.717, 1.165) is 53.2 Å². The topological polar surface area (TPSA) is 72.1 Å². The van der Waals surface area contributed by atoms with Crippen LogP contribution in [-0.2, 0) is 0 Å². The molecule has 4 rings (SSSR count). The van der Waals surface area contributed by atoms with Crippen LogP contribution in [0.3, 0.4) is 0 Å². The van der Waals surface area contributed by atoms with Gasteiger partial charge in [-0.15, -0.1) is 0 Å². The number of nitrogens with one attached hydrogen (secondary N) is 2. The first-order chi connectivity index (χ1) is 11.4. The molecule has 1 aliphatic rings. The number of nitrogens with zero attached hydrogens (tertiary/aromatic N) is 2. The van der Waals surface area contributed by atoms with Crippen LogP contribution in [0, 0.1) is 0 Å². The summed E-state index contributed by atoms with van der Waals surface area (Å²) in [5, 5.41) is 11.9. The molecule has 0 saturated carbocycles. The zero-order valence-electron chi connectivity index (χ0n) is 12.7. The molecule has 0 unspecified atom stereocenters. The molecule has 0 amide bonds. The molecule has 0 spiro atoms. The molecule has 3 aromatic rings. The van der Waals surface area contributed by atoms with Crippen molar-refractivity contribution in [3.05, 3.63) is 36.7 Å². The number of hydrogen-bond acceptors (Lipinski definition) is 5. The second-order valence-electron chi connectivity index (χ2n) is 5.49. The molecule has 0 aliphatic carbocycles. The Morgan fingerprint density at radius 3 is 2.91 bits per heavy atom. The van der Waals surface area contributed by atoms with Crippen molar-refractivity contribution in [3.63, 3.8) is 0 Å². The van der Waals surface area contributed by atoms with Gasteiger partial charge in [0, 0.05) is 23.7 Å². The molecule has 4 bridgehead atoms. The lowest BCUT2D eigenvalue weighted by molar-refractivity contribution is 0.294. The van der Waals surface area contributed by atoms with Crippen molar-refractivity contribution in [2.24, 2.45) is 0 Å². The lowest BCUT2D eigenvalue weighted by atomic mass is 10.1. The monoisotopic (exact) mass is 310 g/mol. The van der Waals surface area contributed by atoms with Crippen LogP contribution in [0.4, 0.5) is 0 Å². The normalized spacial score (nSPS) is 15.5. The van der Waals surface area contributed by atoms with Crippen LogP contribution in [0.25, 0.3) is 22.2 Å². The van der Waals surface area contributed by atoms with Crippen LogP contribution >= 0.6 is 0 Å². The van der Waals surface area contributed by atoms with Crippen molar-refractivity contribution in [2.75, 3.05) is 26.3 Å². The van der Waals surface area contributed by atoms with Crippen LogP contribution in [0.1, 0.15) is 6.42 Å². The Morgan fingerprint density at radius 2 is 1.91 bits per heavy atom. The van der Waals surface area contributed by atoms with Gasteiger partial charge in [0.1, 0.15) is 23.8 Å². The van der Waals surface area contributed by atoms with E-state index in [1.807, 2.05) is 24.3 Å². The van der Waals surface area contributed by atoms with Gasteiger partial charge in [0.05, 0.1) is 18.3 Å². The third kappa shape index (κ3) is 2.98. The predicted octanol–water partition coefficient (Wildman–Crippen LogP) is 2.38. The number of ether oxygens (including phenoxy) is 2. The molecule has 2 N–H and O–H groups in total. The summed E-state index contributed by atoms with van der Waals surface area (Å²) in [4.78, 5) is 4.27. The third-order valence-corrected chi connectivity index (χ3v) is 3.84. The van der Waals surface area contributed by atoms with Crippen molar-refractivity contribution in [2.45, 2.75) is 6.42 Å². The number of fused-ring (bicyclic) bond motifs is 4. The van der Waals surface area contributed by atoms with Crippen LogP contribution in [0.15, 0.2) is 36.7 Å². The molecule has 1 aliphatic heterocycles. The van der Waals surface area contributed by atoms with E-state index in [4.69, 9.17) is 9.47 Å². The summed E-state index contributed by atoms with van der Waals surface area (Å²) in [5.74, 6) is 1.61. The Balaban J connectivity index is 1.78. The summed E-state index contributed by atoms with van der Waals surface area (Å²) in [6.45, 7) is 2.99. The first kappa shape index (κ1) is 14.0. The number of aromatic amines is 1. The second kappa shape index (κ2) is 6.26. The maximum Gasteiger partial charge on any atom is 0.138 e. The Kier molecular flexibility index (Phi) is 3.81. The summed E-state index contributed by atoms with van der Waals surface area (Å²) in [6, 6.07) is 7.95. The number of hydrogen-bond donors (Lipinski definition) is 2. The fraction of sp³-hybridized carbons (Fsp3) is 0.294. The van der Waals surface area contributed by atoms with Gasteiger partial charge in [0.2, 0.25) is 0 Å². The maximum atomic E-state index is 5.84.